The monoisotopic (exact) mass is 404 g/mol. The van der Waals surface area contributed by atoms with Gasteiger partial charge in [-0.25, -0.2) is 0 Å². The number of rotatable bonds is 9. The SMILES string of the molecule is CCCNC(=O)[C@H](C)N(Cc1cccc(Cl)c1)C(=O)CSc1ccccc1. The maximum absolute atomic E-state index is 12.9. The molecule has 4 nitrogen and oxygen atoms in total. The molecule has 2 aromatic carbocycles. The van der Waals surface area contributed by atoms with Crippen LogP contribution in [0, 0.1) is 0 Å². The van der Waals surface area contributed by atoms with Gasteiger partial charge in [-0.2, -0.15) is 0 Å². The number of benzene rings is 2. The summed E-state index contributed by atoms with van der Waals surface area (Å²) in [4.78, 5) is 28.0. The number of carbonyl (C=O) groups is 2. The third-order valence-corrected chi connectivity index (χ3v) is 5.30. The third-order valence-electron chi connectivity index (χ3n) is 4.06. The van der Waals surface area contributed by atoms with Crippen molar-refractivity contribution < 1.29 is 9.59 Å². The van der Waals surface area contributed by atoms with Gasteiger partial charge in [-0.15, -0.1) is 11.8 Å². The summed E-state index contributed by atoms with van der Waals surface area (Å²) in [5.41, 5.74) is 0.899. The molecule has 6 heteroatoms. The van der Waals surface area contributed by atoms with E-state index >= 15 is 0 Å². The first-order chi connectivity index (χ1) is 13.0. The lowest BCUT2D eigenvalue weighted by Gasteiger charge is -2.28. The first-order valence-corrected chi connectivity index (χ1v) is 10.4. The van der Waals surface area contributed by atoms with Crippen LogP contribution in [0.5, 0.6) is 0 Å². The summed E-state index contributed by atoms with van der Waals surface area (Å²) < 4.78 is 0. The van der Waals surface area contributed by atoms with Gasteiger partial charge < -0.3 is 10.2 Å². The second-order valence-corrected chi connectivity index (χ2v) is 7.71. The molecule has 0 aliphatic carbocycles. The standard InChI is InChI=1S/C21H25ClN2O2S/c1-3-12-23-21(26)16(2)24(14-17-8-7-9-18(22)13-17)20(25)15-27-19-10-5-4-6-11-19/h4-11,13,16H,3,12,14-15H2,1-2H3,(H,23,26)/t16-/m0/s1. The van der Waals surface area contributed by atoms with Crippen LogP contribution in [-0.4, -0.2) is 35.1 Å². The van der Waals surface area contributed by atoms with Crippen molar-refractivity contribution in [2.24, 2.45) is 0 Å². The van der Waals surface area contributed by atoms with Crippen LogP contribution < -0.4 is 5.32 Å². The average molecular weight is 405 g/mol. The molecule has 2 aromatic rings. The molecular formula is C21H25ClN2O2S. The van der Waals surface area contributed by atoms with E-state index in [1.165, 1.54) is 11.8 Å². The van der Waals surface area contributed by atoms with Crippen molar-refractivity contribution >= 4 is 35.2 Å². The highest BCUT2D eigenvalue weighted by molar-refractivity contribution is 8.00. The Kier molecular flexibility index (Phi) is 8.69. The zero-order valence-corrected chi connectivity index (χ0v) is 17.2. The Labute approximate surface area is 170 Å². The Morgan fingerprint density at radius 2 is 1.89 bits per heavy atom. The smallest absolute Gasteiger partial charge is 0.242 e. The summed E-state index contributed by atoms with van der Waals surface area (Å²) in [6.45, 7) is 4.70. The minimum absolute atomic E-state index is 0.0806. The summed E-state index contributed by atoms with van der Waals surface area (Å²) in [7, 11) is 0. The number of carbonyl (C=O) groups excluding carboxylic acids is 2. The van der Waals surface area contributed by atoms with E-state index in [4.69, 9.17) is 11.6 Å². The minimum atomic E-state index is -0.556. The molecule has 0 fully saturated rings. The van der Waals surface area contributed by atoms with Crippen LogP contribution >= 0.6 is 23.4 Å². The maximum atomic E-state index is 12.9. The van der Waals surface area contributed by atoms with Gasteiger partial charge in [0.15, 0.2) is 0 Å². The van der Waals surface area contributed by atoms with Gasteiger partial charge in [0.2, 0.25) is 11.8 Å². The molecule has 0 aliphatic rings. The molecule has 0 heterocycles. The molecule has 2 rings (SSSR count). The van der Waals surface area contributed by atoms with E-state index in [0.29, 0.717) is 18.1 Å². The van der Waals surface area contributed by atoms with Crippen molar-refractivity contribution in [1.82, 2.24) is 10.2 Å². The molecule has 2 amide bonds. The Bertz CT molecular complexity index is 755. The maximum Gasteiger partial charge on any atom is 0.242 e. The number of amides is 2. The molecule has 0 radical (unpaired) electrons. The van der Waals surface area contributed by atoms with Gasteiger partial charge in [0.25, 0.3) is 0 Å². The predicted octanol–water partition coefficient (Wildman–Crippen LogP) is 4.38. The predicted molar refractivity (Wildman–Crippen MR) is 112 cm³/mol. The van der Waals surface area contributed by atoms with Crippen LogP contribution in [0.1, 0.15) is 25.8 Å². The van der Waals surface area contributed by atoms with Gasteiger partial charge in [0.1, 0.15) is 6.04 Å². The molecule has 0 saturated heterocycles. The summed E-state index contributed by atoms with van der Waals surface area (Å²) >= 11 is 7.54. The van der Waals surface area contributed by atoms with Crippen molar-refractivity contribution in [1.29, 1.82) is 0 Å². The van der Waals surface area contributed by atoms with Crippen LogP contribution in [0.2, 0.25) is 5.02 Å². The molecule has 0 aliphatic heterocycles. The number of thioether (sulfide) groups is 1. The largest absolute Gasteiger partial charge is 0.354 e. The molecular weight excluding hydrogens is 380 g/mol. The molecule has 27 heavy (non-hydrogen) atoms. The molecule has 1 N–H and O–H groups in total. The number of hydrogen-bond donors (Lipinski definition) is 1. The third kappa shape index (κ3) is 6.92. The molecule has 0 unspecified atom stereocenters. The van der Waals surface area contributed by atoms with E-state index in [0.717, 1.165) is 16.9 Å². The van der Waals surface area contributed by atoms with E-state index in [9.17, 15) is 9.59 Å². The first-order valence-electron chi connectivity index (χ1n) is 9.00. The van der Waals surface area contributed by atoms with Crippen LogP contribution in [0.4, 0.5) is 0 Å². The summed E-state index contributed by atoms with van der Waals surface area (Å²) in [6, 6.07) is 16.6. The van der Waals surface area contributed by atoms with Crippen molar-refractivity contribution in [3.63, 3.8) is 0 Å². The molecule has 0 aromatic heterocycles. The Hall–Kier alpha value is -1.98. The van der Waals surface area contributed by atoms with Crippen molar-refractivity contribution in [3.8, 4) is 0 Å². The van der Waals surface area contributed by atoms with Crippen molar-refractivity contribution in [2.75, 3.05) is 12.3 Å². The highest BCUT2D eigenvalue weighted by atomic mass is 35.5. The van der Waals surface area contributed by atoms with Crippen molar-refractivity contribution in [2.45, 2.75) is 37.8 Å². The summed E-state index contributed by atoms with van der Waals surface area (Å²) in [5.74, 6) is 0.0515. The highest BCUT2D eigenvalue weighted by Crippen LogP contribution is 2.20. The quantitative estimate of drug-likeness (QED) is 0.631. The lowest BCUT2D eigenvalue weighted by molar-refractivity contribution is -0.138. The van der Waals surface area contributed by atoms with Gasteiger partial charge in [0.05, 0.1) is 5.75 Å². The van der Waals surface area contributed by atoms with E-state index in [-0.39, 0.29) is 17.6 Å². The van der Waals surface area contributed by atoms with Crippen molar-refractivity contribution in [3.05, 3.63) is 65.2 Å². The van der Waals surface area contributed by atoms with Crippen LogP contribution in [-0.2, 0) is 16.1 Å². The average Bonchev–Trinajstić information content (AvgIpc) is 2.68. The number of nitrogens with zero attached hydrogens (tertiary/aromatic N) is 1. The number of nitrogens with one attached hydrogen (secondary N) is 1. The van der Waals surface area contributed by atoms with E-state index in [1.54, 1.807) is 17.9 Å². The minimum Gasteiger partial charge on any atom is -0.354 e. The number of halogens is 1. The number of hydrogen-bond acceptors (Lipinski definition) is 3. The Balaban J connectivity index is 2.11. The highest BCUT2D eigenvalue weighted by Gasteiger charge is 2.25. The summed E-state index contributed by atoms with van der Waals surface area (Å²) in [5, 5.41) is 3.49. The van der Waals surface area contributed by atoms with Gasteiger partial charge in [-0.05, 0) is 43.2 Å². The van der Waals surface area contributed by atoms with E-state index < -0.39 is 6.04 Å². The van der Waals surface area contributed by atoms with Crippen LogP contribution in [0.25, 0.3) is 0 Å². The topological polar surface area (TPSA) is 49.4 Å². The van der Waals surface area contributed by atoms with E-state index in [2.05, 4.69) is 5.32 Å². The van der Waals surface area contributed by atoms with Gasteiger partial charge in [-0.3, -0.25) is 9.59 Å². The van der Waals surface area contributed by atoms with Crippen LogP contribution in [0.3, 0.4) is 0 Å². The molecule has 0 bridgehead atoms. The van der Waals surface area contributed by atoms with Gasteiger partial charge >= 0.3 is 0 Å². The molecule has 1 atom stereocenters. The fraction of sp³-hybridized carbons (Fsp3) is 0.333. The molecule has 144 valence electrons. The van der Waals surface area contributed by atoms with Crippen LogP contribution in [0.15, 0.2) is 59.5 Å². The molecule has 0 spiro atoms. The normalized spacial score (nSPS) is 11.7. The van der Waals surface area contributed by atoms with Gasteiger partial charge in [-0.1, -0.05) is 48.9 Å². The second kappa shape index (κ2) is 11.0. The second-order valence-electron chi connectivity index (χ2n) is 6.22. The fourth-order valence-electron chi connectivity index (χ4n) is 2.56. The molecule has 0 saturated carbocycles. The summed E-state index contributed by atoms with van der Waals surface area (Å²) in [6.07, 6.45) is 0.852. The zero-order valence-electron chi connectivity index (χ0n) is 15.7. The fourth-order valence-corrected chi connectivity index (χ4v) is 3.57. The first kappa shape index (κ1) is 21.3. The zero-order chi connectivity index (χ0) is 19.6. The van der Waals surface area contributed by atoms with E-state index in [1.807, 2.05) is 55.5 Å². The Morgan fingerprint density at radius 3 is 2.56 bits per heavy atom. The van der Waals surface area contributed by atoms with Gasteiger partial charge in [0, 0.05) is 23.0 Å². The lowest BCUT2D eigenvalue weighted by atomic mass is 10.1. The lowest BCUT2D eigenvalue weighted by Crippen LogP contribution is -2.48. The Morgan fingerprint density at radius 1 is 1.15 bits per heavy atom.